The van der Waals surface area contributed by atoms with Crippen LogP contribution < -0.4 is 11.1 Å². The van der Waals surface area contributed by atoms with Crippen LogP contribution in [0.15, 0.2) is 10.6 Å². The summed E-state index contributed by atoms with van der Waals surface area (Å²) in [5, 5.41) is 6.95. The minimum absolute atomic E-state index is 0.0689. The van der Waals surface area contributed by atoms with Crippen LogP contribution in [0.4, 0.5) is 0 Å². The van der Waals surface area contributed by atoms with Crippen molar-refractivity contribution in [2.75, 3.05) is 0 Å². The standard InChI is InChI=1S/C19H31N3O3/c1-4-14-9-13(10-15(23)8-12(3)20)6-7-17(14)21-19(24)18-11-16(5-2)25-22-18/h11-14,17H,4-10,20H2,1-3H3,(H,21,24)/t12-,13-,14+,17-/m0/s1. The lowest BCUT2D eigenvalue weighted by Gasteiger charge is -2.36. The van der Waals surface area contributed by atoms with Crippen LogP contribution in [0.25, 0.3) is 0 Å². The van der Waals surface area contributed by atoms with Gasteiger partial charge in [-0.05, 0) is 38.0 Å². The van der Waals surface area contributed by atoms with Gasteiger partial charge in [0.15, 0.2) is 5.69 Å². The first-order valence-electron chi connectivity index (χ1n) is 9.46. The van der Waals surface area contributed by atoms with Crippen molar-refractivity contribution in [2.24, 2.45) is 17.6 Å². The quantitative estimate of drug-likeness (QED) is 0.752. The molecule has 0 bridgehead atoms. The zero-order valence-electron chi connectivity index (χ0n) is 15.6. The van der Waals surface area contributed by atoms with E-state index in [0.29, 0.717) is 36.1 Å². The summed E-state index contributed by atoms with van der Waals surface area (Å²) in [6.07, 6.45) is 5.62. The lowest BCUT2D eigenvalue weighted by molar-refractivity contribution is -0.120. The molecule has 1 heterocycles. The number of hydrogen-bond donors (Lipinski definition) is 2. The number of carbonyl (C=O) groups is 2. The van der Waals surface area contributed by atoms with Crippen molar-refractivity contribution in [1.82, 2.24) is 10.5 Å². The third kappa shape index (κ3) is 5.66. The summed E-state index contributed by atoms with van der Waals surface area (Å²) in [5.74, 6) is 1.60. The van der Waals surface area contributed by atoms with E-state index in [1.807, 2.05) is 13.8 Å². The summed E-state index contributed by atoms with van der Waals surface area (Å²) in [5.41, 5.74) is 6.06. The maximum absolute atomic E-state index is 12.4. The van der Waals surface area contributed by atoms with Gasteiger partial charge < -0.3 is 15.6 Å². The summed E-state index contributed by atoms with van der Waals surface area (Å²) >= 11 is 0. The molecule has 1 aliphatic carbocycles. The van der Waals surface area contributed by atoms with Crippen molar-refractivity contribution < 1.29 is 14.1 Å². The van der Waals surface area contributed by atoms with E-state index in [1.165, 1.54) is 0 Å². The molecule has 4 atom stereocenters. The molecule has 0 aliphatic heterocycles. The second-order valence-electron chi connectivity index (χ2n) is 7.38. The number of nitrogens with zero attached hydrogens (tertiary/aromatic N) is 1. The molecule has 6 heteroatoms. The van der Waals surface area contributed by atoms with Crippen LogP contribution in [0.5, 0.6) is 0 Å². The molecule has 1 saturated carbocycles. The van der Waals surface area contributed by atoms with E-state index < -0.39 is 0 Å². The number of nitrogens with two attached hydrogens (primary N) is 1. The SMILES string of the molecule is CCc1cc(C(=O)N[C@H]2CC[C@H](CC(=O)C[C@H](C)N)C[C@H]2CC)no1. The fraction of sp³-hybridized carbons (Fsp3) is 0.737. The van der Waals surface area contributed by atoms with Crippen LogP contribution >= 0.6 is 0 Å². The minimum atomic E-state index is -0.168. The van der Waals surface area contributed by atoms with Crippen molar-refractivity contribution in [3.8, 4) is 0 Å². The van der Waals surface area contributed by atoms with Gasteiger partial charge in [-0.2, -0.15) is 0 Å². The number of aryl methyl sites for hydroxylation is 1. The first-order chi connectivity index (χ1) is 11.9. The molecule has 1 fully saturated rings. The van der Waals surface area contributed by atoms with Gasteiger partial charge in [0.05, 0.1) is 0 Å². The Bertz CT molecular complexity index is 582. The molecule has 1 amide bonds. The van der Waals surface area contributed by atoms with E-state index in [2.05, 4.69) is 17.4 Å². The van der Waals surface area contributed by atoms with Crippen LogP contribution in [-0.2, 0) is 11.2 Å². The maximum Gasteiger partial charge on any atom is 0.273 e. The van der Waals surface area contributed by atoms with Gasteiger partial charge in [-0.15, -0.1) is 0 Å². The average Bonchev–Trinajstić information content (AvgIpc) is 3.04. The minimum Gasteiger partial charge on any atom is -0.361 e. The van der Waals surface area contributed by atoms with Crippen LogP contribution in [0.2, 0.25) is 0 Å². The number of hydrogen-bond acceptors (Lipinski definition) is 5. The number of ketones is 1. The highest BCUT2D eigenvalue weighted by Gasteiger charge is 2.32. The molecule has 25 heavy (non-hydrogen) atoms. The Morgan fingerprint density at radius 3 is 2.76 bits per heavy atom. The smallest absolute Gasteiger partial charge is 0.273 e. The number of amides is 1. The van der Waals surface area contributed by atoms with E-state index in [1.54, 1.807) is 6.07 Å². The van der Waals surface area contributed by atoms with Gasteiger partial charge in [0, 0.05) is 37.4 Å². The van der Waals surface area contributed by atoms with Crippen LogP contribution in [-0.4, -0.2) is 28.9 Å². The summed E-state index contributed by atoms with van der Waals surface area (Å²) in [6, 6.07) is 1.77. The molecule has 2 rings (SSSR count). The van der Waals surface area contributed by atoms with Gasteiger partial charge >= 0.3 is 0 Å². The normalized spacial score (nSPS) is 24.7. The van der Waals surface area contributed by atoms with Crippen molar-refractivity contribution in [2.45, 2.75) is 77.8 Å². The predicted octanol–water partition coefficient (Wildman–Crippen LogP) is 2.86. The molecular formula is C19H31N3O3. The molecule has 0 aromatic carbocycles. The zero-order chi connectivity index (χ0) is 18.4. The average molecular weight is 349 g/mol. The van der Waals surface area contributed by atoms with Gasteiger partial charge in [0.2, 0.25) is 0 Å². The molecule has 6 nitrogen and oxygen atoms in total. The van der Waals surface area contributed by atoms with E-state index in [4.69, 9.17) is 10.3 Å². The largest absolute Gasteiger partial charge is 0.361 e. The van der Waals surface area contributed by atoms with E-state index in [9.17, 15) is 9.59 Å². The zero-order valence-corrected chi connectivity index (χ0v) is 15.6. The Kier molecular flexibility index (Phi) is 7.17. The maximum atomic E-state index is 12.4. The molecule has 3 N–H and O–H groups in total. The van der Waals surface area contributed by atoms with Gasteiger partial charge in [0.1, 0.15) is 11.5 Å². The van der Waals surface area contributed by atoms with Crippen LogP contribution in [0, 0.1) is 11.8 Å². The second-order valence-corrected chi connectivity index (χ2v) is 7.38. The monoisotopic (exact) mass is 349 g/mol. The molecule has 140 valence electrons. The molecular weight excluding hydrogens is 318 g/mol. The molecule has 1 aromatic heterocycles. The van der Waals surface area contributed by atoms with Gasteiger partial charge in [0.25, 0.3) is 5.91 Å². The highest BCUT2D eigenvalue weighted by Crippen LogP contribution is 2.34. The number of carbonyl (C=O) groups excluding carboxylic acids is 2. The molecule has 1 aliphatic rings. The Morgan fingerprint density at radius 2 is 2.16 bits per heavy atom. The topological polar surface area (TPSA) is 98.2 Å². The van der Waals surface area contributed by atoms with E-state index in [-0.39, 0.29) is 23.8 Å². The van der Waals surface area contributed by atoms with Gasteiger partial charge in [-0.3, -0.25) is 9.59 Å². The molecule has 1 aromatic rings. The molecule has 0 spiro atoms. The molecule has 0 radical (unpaired) electrons. The highest BCUT2D eigenvalue weighted by molar-refractivity contribution is 5.92. The Morgan fingerprint density at radius 1 is 1.40 bits per heavy atom. The first kappa shape index (κ1) is 19.6. The number of aromatic nitrogens is 1. The Hall–Kier alpha value is -1.69. The fourth-order valence-corrected chi connectivity index (χ4v) is 3.78. The van der Waals surface area contributed by atoms with E-state index >= 15 is 0 Å². The van der Waals surface area contributed by atoms with Crippen LogP contribution in [0.3, 0.4) is 0 Å². The lowest BCUT2D eigenvalue weighted by atomic mass is 9.74. The van der Waals surface area contributed by atoms with Crippen molar-refractivity contribution in [3.05, 3.63) is 17.5 Å². The van der Waals surface area contributed by atoms with Gasteiger partial charge in [-0.25, -0.2) is 0 Å². The summed E-state index contributed by atoms with van der Waals surface area (Å²) in [6.45, 7) is 5.97. The second kappa shape index (κ2) is 9.13. The number of Topliss-reactive ketones (excluding diaryl/α,β-unsaturated/α-hetero) is 1. The summed E-state index contributed by atoms with van der Waals surface area (Å²) in [7, 11) is 0. The van der Waals surface area contributed by atoms with Crippen molar-refractivity contribution in [1.29, 1.82) is 0 Å². The predicted molar refractivity (Wildman–Crippen MR) is 96.1 cm³/mol. The number of rotatable bonds is 8. The van der Waals surface area contributed by atoms with Crippen LogP contribution in [0.1, 0.15) is 75.5 Å². The summed E-state index contributed by atoms with van der Waals surface area (Å²) < 4.78 is 5.11. The van der Waals surface area contributed by atoms with Gasteiger partial charge in [-0.1, -0.05) is 25.4 Å². The first-order valence-corrected chi connectivity index (χ1v) is 9.46. The third-order valence-corrected chi connectivity index (χ3v) is 5.14. The molecule has 0 saturated heterocycles. The lowest BCUT2D eigenvalue weighted by Crippen LogP contribution is -2.44. The van der Waals surface area contributed by atoms with Crippen molar-refractivity contribution >= 4 is 11.7 Å². The Balaban J connectivity index is 1.88. The highest BCUT2D eigenvalue weighted by atomic mass is 16.5. The Labute approximate surface area is 149 Å². The fourth-order valence-electron chi connectivity index (χ4n) is 3.78. The number of nitrogens with one attached hydrogen (secondary N) is 1. The summed E-state index contributed by atoms with van der Waals surface area (Å²) in [4.78, 5) is 24.4. The third-order valence-electron chi connectivity index (χ3n) is 5.14. The van der Waals surface area contributed by atoms with E-state index in [0.717, 1.165) is 32.1 Å². The molecule has 0 unspecified atom stereocenters. The van der Waals surface area contributed by atoms with Crippen molar-refractivity contribution in [3.63, 3.8) is 0 Å².